The zero-order valence-electron chi connectivity index (χ0n) is 19.7. The third-order valence-electron chi connectivity index (χ3n) is 7.22. The lowest BCUT2D eigenvalue weighted by Crippen LogP contribution is -2.56. The number of hydrogen-bond acceptors (Lipinski definition) is 5. The number of phenols is 1. The van der Waals surface area contributed by atoms with Crippen molar-refractivity contribution < 1.29 is 14.7 Å². The molecule has 2 aliphatic rings. The van der Waals surface area contributed by atoms with Gasteiger partial charge in [0.2, 0.25) is 0 Å². The van der Waals surface area contributed by atoms with Crippen molar-refractivity contribution in [3.8, 4) is 5.75 Å². The lowest BCUT2D eigenvalue weighted by atomic mass is 9.85. The number of imide groups is 1. The van der Waals surface area contributed by atoms with Gasteiger partial charge in [-0.15, -0.1) is 0 Å². The fraction of sp³-hybridized carbons (Fsp3) is 0.321. The number of carbonyl (C=O) groups excluding carboxylic acids is 2. The maximum Gasteiger partial charge on any atom is 0.328 e. The predicted molar refractivity (Wildman–Crippen MR) is 132 cm³/mol. The Morgan fingerprint density at radius 3 is 2.29 bits per heavy atom. The van der Waals surface area contributed by atoms with E-state index in [1.165, 1.54) is 4.90 Å². The Morgan fingerprint density at radius 1 is 0.857 bits per heavy atom. The molecular weight excluding hydrogens is 440 g/mol. The molecule has 0 radical (unpaired) electrons. The molecule has 2 aromatic carbocycles. The zero-order valence-corrected chi connectivity index (χ0v) is 19.7. The van der Waals surface area contributed by atoms with Crippen LogP contribution in [0.3, 0.4) is 0 Å². The van der Waals surface area contributed by atoms with Gasteiger partial charge in [-0.3, -0.25) is 19.6 Å². The summed E-state index contributed by atoms with van der Waals surface area (Å²) in [5.41, 5.74) is 2.02. The van der Waals surface area contributed by atoms with Crippen LogP contribution in [0.25, 0.3) is 0 Å². The van der Waals surface area contributed by atoms with E-state index in [9.17, 15) is 14.7 Å². The van der Waals surface area contributed by atoms with Crippen LogP contribution in [0.5, 0.6) is 5.75 Å². The number of phenolic OH excluding ortho intramolecular Hbond substituents is 1. The minimum atomic E-state index is -0.830. The minimum absolute atomic E-state index is 0.110. The molecule has 0 bridgehead atoms. The molecule has 5 rings (SSSR count). The van der Waals surface area contributed by atoms with Crippen molar-refractivity contribution in [1.82, 2.24) is 19.7 Å². The fourth-order valence-electron chi connectivity index (χ4n) is 5.24. The molecule has 0 atom stereocenters. The van der Waals surface area contributed by atoms with Crippen molar-refractivity contribution >= 4 is 11.9 Å². The lowest BCUT2D eigenvalue weighted by molar-refractivity contribution is -0.136. The van der Waals surface area contributed by atoms with Gasteiger partial charge in [0.1, 0.15) is 11.3 Å². The van der Waals surface area contributed by atoms with Crippen LogP contribution in [-0.4, -0.2) is 61.9 Å². The van der Waals surface area contributed by atoms with Gasteiger partial charge in [0.25, 0.3) is 5.91 Å². The Labute approximate surface area is 205 Å². The highest BCUT2D eigenvalue weighted by atomic mass is 16.3. The third-order valence-corrected chi connectivity index (χ3v) is 7.22. The summed E-state index contributed by atoms with van der Waals surface area (Å²) in [7, 11) is 0. The third kappa shape index (κ3) is 4.64. The number of urea groups is 1. The van der Waals surface area contributed by atoms with Crippen LogP contribution in [0.4, 0.5) is 4.79 Å². The number of amides is 3. The number of piperidine rings is 1. The van der Waals surface area contributed by atoms with Crippen LogP contribution < -0.4 is 0 Å². The highest BCUT2D eigenvalue weighted by Gasteiger charge is 2.57. The first-order chi connectivity index (χ1) is 17.1. The van der Waals surface area contributed by atoms with Crippen LogP contribution in [0, 0.1) is 0 Å². The maximum atomic E-state index is 13.8. The smallest absolute Gasteiger partial charge is 0.328 e. The highest BCUT2D eigenvalue weighted by molar-refractivity contribution is 6.07. The lowest BCUT2D eigenvalue weighted by Gasteiger charge is -2.42. The summed E-state index contributed by atoms with van der Waals surface area (Å²) >= 11 is 0. The Balaban J connectivity index is 1.36. The molecule has 2 aliphatic heterocycles. The minimum Gasteiger partial charge on any atom is -0.508 e. The molecule has 0 saturated carbocycles. The van der Waals surface area contributed by atoms with E-state index >= 15 is 0 Å². The normalized spacial score (nSPS) is 17.9. The topological polar surface area (TPSA) is 77.0 Å². The second-order valence-corrected chi connectivity index (χ2v) is 9.36. The Bertz CT molecular complexity index is 1180. The first kappa shape index (κ1) is 23.1. The van der Waals surface area contributed by atoms with Crippen molar-refractivity contribution in [2.75, 3.05) is 19.6 Å². The molecule has 35 heavy (non-hydrogen) atoms. The van der Waals surface area contributed by atoms with Crippen LogP contribution in [-0.2, 0) is 24.3 Å². The second kappa shape index (κ2) is 9.88. The van der Waals surface area contributed by atoms with E-state index in [4.69, 9.17) is 0 Å². The van der Waals surface area contributed by atoms with E-state index in [0.717, 1.165) is 16.7 Å². The van der Waals surface area contributed by atoms with Crippen molar-refractivity contribution in [2.45, 2.75) is 37.9 Å². The number of benzene rings is 2. The summed E-state index contributed by atoms with van der Waals surface area (Å²) < 4.78 is 0. The van der Waals surface area contributed by atoms with E-state index in [-0.39, 0.29) is 24.2 Å². The molecular formula is C28H30N4O3. The Hall–Kier alpha value is -3.71. The molecule has 3 amide bonds. The van der Waals surface area contributed by atoms with Crippen molar-refractivity contribution in [2.24, 2.45) is 0 Å². The van der Waals surface area contributed by atoms with Gasteiger partial charge in [-0.25, -0.2) is 4.79 Å². The van der Waals surface area contributed by atoms with Crippen LogP contribution in [0.15, 0.2) is 79.1 Å². The molecule has 1 aromatic heterocycles. The number of hydrogen-bond donors (Lipinski definition) is 1. The number of aromatic hydroxyl groups is 1. The average Bonchev–Trinajstić information content (AvgIpc) is 3.07. The molecule has 7 heteroatoms. The van der Waals surface area contributed by atoms with Crippen molar-refractivity contribution in [3.63, 3.8) is 0 Å². The van der Waals surface area contributed by atoms with E-state index in [1.54, 1.807) is 18.5 Å². The first-order valence-electron chi connectivity index (χ1n) is 12.1. The number of carbonyl (C=O) groups is 2. The van der Waals surface area contributed by atoms with Crippen molar-refractivity contribution in [1.29, 1.82) is 0 Å². The Kier molecular flexibility index (Phi) is 6.51. The van der Waals surface area contributed by atoms with Gasteiger partial charge >= 0.3 is 6.03 Å². The molecule has 0 unspecified atom stereocenters. The SMILES string of the molecule is O=C1N(Cc2cccnc2)C(=O)C2(CCN(Cc3ccccc3O)CC2)N1CCc1ccccc1. The summed E-state index contributed by atoms with van der Waals surface area (Å²) in [4.78, 5) is 37.0. The highest BCUT2D eigenvalue weighted by Crippen LogP contribution is 2.38. The number of nitrogens with zero attached hydrogens (tertiary/aromatic N) is 4. The zero-order chi connectivity index (χ0) is 24.3. The maximum absolute atomic E-state index is 13.8. The molecule has 0 aliphatic carbocycles. The average molecular weight is 471 g/mol. The molecule has 2 fully saturated rings. The molecule has 1 spiro atoms. The molecule has 7 nitrogen and oxygen atoms in total. The largest absolute Gasteiger partial charge is 0.508 e. The standard InChI is InChI=1S/C28H30N4O3/c33-25-11-5-4-10-24(25)21-30-17-13-28(14-18-30)26(34)31(20-23-9-6-15-29-19-23)27(35)32(28)16-12-22-7-2-1-3-8-22/h1-11,15,19,33H,12-14,16-18,20-21H2. The van der Waals surface area contributed by atoms with Crippen LogP contribution >= 0.6 is 0 Å². The molecule has 2 saturated heterocycles. The van der Waals surface area contributed by atoms with Crippen LogP contribution in [0.1, 0.15) is 29.5 Å². The molecule has 1 N–H and O–H groups in total. The second-order valence-electron chi connectivity index (χ2n) is 9.36. The van der Waals surface area contributed by atoms with E-state index in [1.807, 2.05) is 53.4 Å². The number of rotatable bonds is 7. The van der Waals surface area contributed by atoms with Gasteiger partial charge in [0.05, 0.1) is 6.54 Å². The summed E-state index contributed by atoms with van der Waals surface area (Å²) in [6, 6.07) is 20.9. The summed E-state index contributed by atoms with van der Waals surface area (Å²) in [6.07, 6.45) is 5.23. The summed E-state index contributed by atoms with van der Waals surface area (Å²) in [6.45, 7) is 2.70. The van der Waals surface area contributed by atoms with Gasteiger partial charge in [-0.2, -0.15) is 0 Å². The number of para-hydroxylation sites is 1. The van der Waals surface area contributed by atoms with Gasteiger partial charge in [0.15, 0.2) is 0 Å². The first-order valence-corrected chi connectivity index (χ1v) is 12.1. The van der Waals surface area contributed by atoms with Gasteiger partial charge in [-0.1, -0.05) is 54.6 Å². The number of pyridine rings is 1. The van der Waals surface area contributed by atoms with E-state index in [2.05, 4.69) is 22.0 Å². The van der Waals surface area contributed by atoms with E-state index in [0.29, 0.717) is 45.4 Å². The molecule has 3 heterocycles. The van der Waals surface area contributed by atoms with Gasteiger partial charge in [-0.05, 0) is 42.5 Å². The molecule has 3 aromatic rings. The fourth-order valence-corrected chi connectivity index (χ4v) is 5.24. The van der Waals surface area contributed by atoms with E-state index < -0.39 is 5.54 Å². The Morgan fingerprint density at radius 2 is 1.57 bits per heavy atom. The van der Waals surface area contributed by atoms with Gasteiger partial charge < -0.3 is 10.0 Å². The molecule has 180 valence electrons. The predicted octanol–water partition coefficient (Wildman–Crippen LogP) is 3.83. The summed E-state index contributed by atoms with van der Waals surface area (Å²) in [5, 5.41) is 10.2. The van der Waals surface area contributed by atoms with Crippen molar-refractivity contribution in [3.05, 3.63) is 95.8 Å². The quantitative estimate of drug-likeness (QED) is 0.531. The monoisotopic (exact) mass is 470 g/mol. The summed E-state index contributed by atoms with van der Waals surface area (Å²) in [5.74, 6) is 0.175. The van der Waals surface area contributed by atoms with Gasteiger partial charge in [0, 0.05) is 44.1 Å². The van der Waals surface area contributed by atoms with Crippen LogP contribution in [0.2, 0.25) is 0 Å². The number of likely N-dealkylation sites (tertiary alicyclic amines) is 1. The number of aromatic nitrogens is 1.